The molecule has 3 aliphatic heterocycles. The predicted octanol–water partition coefficient (Wildman–Crippen LogP) is 0.650. The number of fused-ring (bicyclic) bond motifs is 5. The van der Waals surface area contributed by atoms with Gasteiger partial charge >= 0.3 is 17.9 Å². The highest BCUT2D eigenvalue weighted by Gasteiger charge is 2.72. The third-order valence-electron chi connectivity index (χ3n) is 5.34. The van der Waals surface area contributed by atoms with Crippen LogP contribution in [0, 0.1) is 11.8 Å². The van der Waals surface area contributed by atoms with E-state index in [0.29, 0.717) is 0 Å². The second-order valence-electron chi connectivity index (χ2n) is 7.22. The predicted molar refractivity (Wildman–Crippen MR) is 96.9 cm³/mol. The van der Waals surface area contributed by atoms with Crippen LogP contribution in [-0.2, 0) is 33.4 Å². The van der Waals surface area contributed by atoms with Crippen molar-refractivity contribution >= 4 is 35.4 Å². The number of hydrogen-bond acceptors (Lipinski definition) is 8. The Hall–Kier alpha value is -3.53. The topological polar surface area (TPSA) is 137 Å². The minimum atomic E-state index is -1.65. The molecule has 2 saturated heterocycles. The number of amides is 2. The van der Waals surface area contributed by atoms with E-state index in [0.717, 1.165) is 18.7 Å². The lowest BCUT2D eigenvalue weighted by Crippen LogP contribution is -2.52. The molecule has 2 amide bonds. The van der Waals surface area contributed by atoms with Gasteiger partial charge < -0.3 is 19.3 Å². The highest BCUT2D eigenvalue weighted by Crippen LogP contribution is 2.54. The molecule has 10 nitrogen and oxygen atoms in total. The number of ether oxygens (including phenoxy) is 3. The third kappa shape index (κ3) is 2.79. The fourth-order valence-electron chi connectivity index (χ4n) is 4.25. The number of hydrogen-bond donors (Lipinski definition) is 1. The molecule has 0 aliphatic carbocycles. The number of carbonyl (C=O) groups excluding carboxylic acids is 4. The zero-order chi connectivity index (χ0) is 21.8. The van der Waals surface area contributed by atoms with E-state index >= 15 is 0 Å². The van der Waals surface area contributed by atoms with Crippen LogP contribution in [0.15, 0.2) is 36.4 Å². The lowest BCUT2D eigenvalue weighted by molar-refractivity contribution is -0.226. The molecular formula is C20H17NO9. The van der Waals surface area contributed by atoms with Gasteiger partial charge in [0, 0.05) is 13.8 Å². The van der Waals surface area contributed by atoms with E-state index in [9.17, 15) is 29.1 Å². The molecule has 0 saturated carbocycles. The molecule has 156 valence electrons. The number of rotatable bonds is 5. The monoisotopic (exact) mass is 415 g/mol. The van der Waals surface area contributed by atoms with Crippen molar-refractivity contribution in [1.82, 2.24) is 0 Å². The molecule has 10 heteroatoms. The summed E-state index contributed by atoms with van der Waals surface area (Å²) in [5.41, 5.74) is -1.64. The van der Waals surface area contributed by atoms with Crippen molar-refractivity contribution < 1.29 is 43.3 Å². The van der Waals surface area contributed by atoms with Crippen molar-refractivity contribution in [2.45, 2.75) is 31.8 Å². The molecule has 0 aromatic heterocycles. The number of carboxylic acid groups (broad SMARTS) is 1. The van der Waals surface area contributed by atoms with E-state index in [1.54, 1.807) is 6.08 Å². The maximum absolute atomic E-state index is 13.3. The van der Waals surface area contributed by atoms with Crippen LogP contribution in [0.3, 0.4) is 0 Å². The fraction of sp³-hybridized carbons (Fsp3) is 0.350. The van der Waals surface area contributed by atoms with Gasteiger partial charge in [-0.1, -0.05) is 12.1 Å². The Morgan fingerprint density at radius 1 is 1.13 bits per heavy atom. The normalized spacial score (nSPS) is 28.8. The maximum Gasteiger partial charge on any atom is 0.335 e. The van der Waals surface area contributed by atoms with Crippen LogP contribution < -0.4 is 4.90 Å². The summed E-state index contributed by atoms with van der Waals surface area (Å²) >= 11 is 0. The number of imide groups is 1. The second kappa shape index (κ2) is 6.77. The molecule has 2 bridgehead atoms. The Morgan fingerprint density at radius 3 is 2.40 bits per heavy atom. The Kier molecular flexibility index (Phi) is 4.46. The van der Waals surface area contributed by atoms with E-state index in [1.807, 2.05) is 0 Å². The van der Waals surface area contributed by atoms with Crippen LogP contribution >= 0.6 is 0 Å². The van der Waals surface area contributed by atoms with Gasteiger partial charge in [-0.15, -0.1) is 0 Å². The van der Waals surface area contributed by atoms with Gasteiger partial charge in [0.15, 0.2) is 5.60 Å². The largest absolute Gasteiger partial charge is 0.478 e. The van der Waals surface area contributed by atoms with Gasteiger partial charge in [0.05, 0.1) is 29.2 Å². The van der Waals surface area contributed by atoms with Gasteiger partial charge in [0.1, 0.15) is 0 Å². The molecule has 1 aromatic carbocycles. The Bertz CT molecular complexity index is 999. The Balaban J connectivity index is 1.75. The van der Waals surface area contributed by atoms with Gasteiger partial charge in [-0.2, -0.15) is 0 Å². The lowest BCUT2D eigenvalue weighted by atomic mass is 9.76. The molecule has 4 rings (SSSR count). The van der Waals surface area contributed by atoms with Gasteiger partial charge in [0.25, 0.3) is 6.29 Å². The summed E-state index contributed by atoms with van der Waals surface area (Å²) in [5, 5.41) is 9.21. The average molecular weight is 415 g/mol. The van der Waals surface area contributed by atoms with Crippen molar-refractivity contribution in [3.63, 3.8) is 0 Å². The Labute approximate surface area is 170 Å². The van der Waals surface area contributed by atoms with E-state index in [1.165, 1.54) is 30.3 Å². The molecule has 30 heavy (non-hydrogen) atoms. The van der Waals surface area contributed by atoms with Gasteiger partial charge in [-0.25, -0.2) is 9.69 Å². The second-order valence-corrected chi connectivity index (χ2v) is 7.22. The van der Waals surface area contributed by atoms with Gasteiger partial charge in [-0.3, -0.25) is 19.2 Å². The SMILES string of the molecule is CC(=O)OC(OC(C)=O)[C@@]12C=C[C@@H](O1)[C@@H]1C(=O)N(c3cccc(C(=O)O)c3)C(=O)[C@H]12. The molecule has 1 aromatic rings. The molecular weight excluding hydrogens is 398 g/mol. The molecule has 0 radical (unpaired) electrons. The number of benzene rings is 1. The van der Waals surface area contributed by atoms with E-state index in [4.69, 9.17) is 14.2 Å². The van der Waals surface area contributed by atoms with Gasteiger partial charge in [-0.05, 0) is 24.3 Å². The molecule has 1 N–H and O–H groups in total. The summed E-state index contributed by atoms with van der Waals surface area (Å²) in [6.07, 6.45) is 0.680. The molecule has 4 atom stereocenters. The van der Waals surface area contributed by atoms with Crippen LogP contribution in [-0.4, -0.2) is 52.8 Å². The Morgan fingerprint density at radius 2 is 1.80 bits per heavy atom. The highest BCUT2D eigenvalue weighted by molar-refractivity contribution is 6.23. The van der Waals surface area contributed by atoms with Crippen LogP contribution in [0.2, 0.25) is 0 Å². The summed E-state index contributed by atoms with van der Waals surface area (Å²) in [6, 6.07) is 5.43. The lowest BCUT2D eigenvalue weighted by Gasteiger charge is -2.34. The van der Waals surface area contributed by atoms with Crippen molar-refractivity contribution in [2.24, 2.45) is 11.8 Å². The summed E-state index contributed by atoms with van der Waals surface area (Å²) < 4.78 is 16.1. The van der Waals surface area contributed by atoms with Crippen LogP contribution in [0.5, 0.6) is 0 Å². The van der Waals surface area contributed by atoms with Crippen molar-refractivity contribution in [1.29, 1.82) is 0 Å². The van der Waals surface area contributed by atoms with Crippen LogP contribution in [0.25, 0.3) is 0 Å². The van der Waals surface area contributed by atoms with Gasteiger partial charge in [0.2, 0.25) is 11.8 Å². The zero-order valence-corrected chi connectivity index (χ0v) is 15.9. The first kappa shape index (κ1) is 19.8. The van der Waals surface area contributed by atoms with Crippen LogP contribution in [0.1, 0.15) is 24.2 Å². The first-order valence-corrected chi connectivity index (χ1v) is 9.08. The smallest absolute Gasteiger partial charge is 0.335 e. The molecule has 0 unspecified atom stereocenters. The summed E-state index contributed by atoms with van der Waals surface area (Å²) in [7, 11) is 0. The van der Waals surface area contributed by atoms with Crippen molar-refractivity contribution in [3.8, 4) is 0 Å². The molecule has 3 heterocycles. The number of anilines is 1. The van der Waals surface area contributed by atoms with E-state index < -0.39 is 59.6 Å². The van der Waals surface area contributed by atoms with E-state index in [2.05, 4.69) is 0 Å². The molecule has 0 spiro atoms. The van der Waals surface area contributed by atoms with Crippen LogP contribution in [0.4, 0.5) is 5.69 Å². The number of aromatic carboxylic acids is 1. The number of carboxylic acids is 1. The number of carbonyl (C=O) groups is 5. The van der Waals surface area contributed by atoms with Crippen molar-refractivity contribution in [2.75, 3.05) is 4.90 Å². The number of nitrogens with zero attached hydrogens (tertiary/aromatic N) is 1. The van der Waals surface area contributed by atoms with E-state index in [-0.39, 0.29) is 11.3 Å². The zero-order valence-electron chi connectivity index (χ0n) is 15.9. The average Bonchev–Trinajstić information content (AvgIpc) is 3.32. The summed E-state index contributed by atoms with van der Waals surface area (Å²) in [5.74, 6) is -6.01. The fourth-order valence-corrected chi connectivity index (χ4v) is 4.25. The minimum absolute atomic E-state index is 0.0880. The first-order chi connectivity index (χ1) is 14.2. The standard InChI is InChI=1S/C20H17NO9/c1-9(22)28-19(29-10(2)23)20-7-6-13(30-20)14-15(20)17(25)21(16(14)24)12-5-3-4-11(8-12)18(26)27/h3-8,13-15,19H,1-2H3,(H,26,27)/t13-,14+,15+,20+/m1/s1. The van der Waals surface area contributed by atoms with Crippen molar-refractivity contribution in [3.05, 3.63) is 42.0 Å². The molecule has 3 aliphatic rings. The molecule has 2 fully saturated rings. The summed E-state index contributed by atoms with van der Waals surface area (Å²) in [6.45, 7) is 2.22. The highest BCUT2D eigenvalue weighted by atomic mass is 16.7. The maximum atomic E-state index is 13.3. The first-order valence-electron chi connectivity index (χ1n) is 9.08. The minimum Gasteiger partial charge on any atom is -0.478 e. The third-order valence-corrected chi connectivity index (χ3v) is 5.34. The quantitative estimate of drug-likeness (QED) is 0.318. The number of esters is 2. The summed E-state index contributed by atoms with van der Waals surface area (Å²) in [4.78, 5) is 61.7.